The highest BCUT2D eigenvalue weighted by atomic mass is 16.5. The number of piperazine rings is 1. The third-order valence-electron chi connectivity index (χ3n) is 4.14. The van der Waals surface area contributed by atoms with Crippen LogP contribution in [0.4, 0.5) is 5.82 Å². The smallest absolute Gasteiger partial charge is 0.259 e. The zero-order valence-corrected chi connectivity index (χ0v) is 13.6. The van der Waals surface area contributed by atoms with Crippen LogP contribution in [0.1, 0.15) is 5.56 Å². The molecule has 3 heterocycles. The molecule has 1 saturated heterocycles. The van der Waals surface area contributed by atoms with Gasteiger partial charge in [-0.1, -0.05) is 28.9 Å². The van der Waals surface area contributed by atoms with Crippen molar-refractivity contribution in [1.82, 2.24) is 20.4 Å². The standard InChI is InChI=1S/C18H19N5O/c1-13-3-2-4-14(11-13)17-21-18(24-22-17)15-5-6-16(20-12-15)23-9-7-19-8-10-23/h2-6,11-12,19H,7-10H2,1H3. The Bertz CT molecular complexity index is 821. The molecule has 6 nitrogen and oxygen atoms in total. The van der Waals surface area contributed by atoms with Crippen molar-refractivity contribution < 1.29 is 4.52 Å². The Morgan fingerprint density at radius 1 is 1.08 bits per heavy atom. The fourth-order valence-electron chi connectivity index (χ4n) is 2.84. The lowest BCUT2D eigenvalue weighted by molar-refractivity contribution is 0.432. The van der Waals surface area contributed by atoms with Gasteiger partial charge in [0.2, 0.25) is 5.82 Å². The summed E-state index contributed by atoms with van der Waals surface area (Å²) >= 11 is 0. The van der Waals surface area contributed by atoms with Crippen molar-refractivity contribution in [3.63, 3.8) is 0 Å². The molecular formula is C18H19N5O. The Balaban J connectivity index is 1.56. The highest BCUT2D eigenvalue weighted by Gasteiger charge is 2.14. The SMILES string of the molecule is Cc1cccc(-c2noc(-c3ccc(N4CCNCC4)nc3)n2)c1. The van der Waals surface area contributed by atoms with Crippen molar-refractivity contribution in [3.8, 4) is 22.8 Å². The van der Waals surface area contributed by atoms with E-state index in [9.17, 15) is 0 Å². The van der Waals surface area contributed by atoms with E-state index in [-0.39, 0.29) is 0 Å². The quantitative estimate of drug-likeness (QED) is 0.799. The Hall–Kier alpha value is -2.73. The van der Waals surface area contributed by atoms with Crippen molar-refractivity contribution in [2.75, 3.05) is 31.1 Å². The number of benzene rings is 1. The number of hydrogen-bond donors (Lipinski definition) is 1. The molecule has 1 aliphatic heterocycles. The predicted molar refractivity (Wildman–Crippen MR) is 92.8 cm³/mol. The first-order valence-corrected chi connectivity index (χ1v) is 8.12. The van der Waals surface area contributed by atoms with E-state index in [2.05, 4.69) is 25.3 Å². The zero-order valence-electron chi connectivity index (χ0n) is 13.6. The molecule has 2 aromatic heterocycles. The average Bonchev–Trinajstić information content (AvgIpc) is 3.13. The van der Waals surface area contributed by atoms with Gasteiger partial charge in [0.1, 0.15) is 5.82 Å². The van der Waals surface area contributed by atoms with Crippen molar-refractivity contribution in [3.05, 3.63) is 48.2 Å². The minimum Gasteiger partial charge on any atom is -0.354 e. The fraction of sp³-hybridized carbons (Fsp3) is 0.278. The lowest BCUT2D eigenvalue weighted by atomic mass is 10.1. The van der Waals surface area contributed by atoms with Crippen molar-refractivity contribution >= 4 is 5.82 Å². The number of nitrogens with one attached hydrogen (secondary N) is 1. The van der Waals surface area contributed by atoms with Gasteiger partial charge in [0.15, 0.2) is 0 Å². The Labute approximate surface area is 140 Å². The van der Waals surface area contributed by atoms with Crippen LogP contribution < -0.4 is 10.2 Å². The van der Waals surface area contributed by atoms with Crippen LogP contribution in [0.25, 0.3) is 22.8 Å². The van der Waals surface area contributed by atoms with Gasteiger partial charge < -0.3 is 14.7 Å². The van der Waals surface area contributed by atoms with Gasteiger partial charge in [-0.3, -0.25) is 0 Å². The van der Waals surface area contributed by atoms with E-state index in [1.807, 2.05) is 43.3 Å². The summed E-state index contributed by atoms with van der Waals surface area (Å²) in [5.74, 6) is 2.07. The number of aryl methyl sites for hydroxylation is 1. The molecule has 1 aliphatic rings. The van der Waals surface area contributed by atoms with Crippen LogP contribution in [0, 0.1) is 6.92 Å². The van der Waals surface area contributed by atoms with E-state index in [0.29, 0.717) is 11.7 Å². The van der Waals surface area contributed by atoms with Crippen molar-refractivity contribution in [2.24, 2.45) is 0 Å². The van der Waals surface area contributed by atoms with Crippen LogP contribution in [0.2, 0.25) is 0 Å². The number of rotatable bonds is 3. The fourth-order valence-corrected chi connectivity index (χ4v) is 2.84. The third kappa shape index (κ3) is 3.00. The van der Waals surface area contributed by atoms with E-state index in [1.54, 1.807) is 6.20 Å². The highest BCUT2D eigenvalue weighted by molar-refractivity contribution is 5.60. The molecule has 122 valence electrons. The first-order chi connectivity index (χ1) is 11.8. The molecule has 0 saturated carbocycles. The summed E-state index contributed by atoms with van der Waals surface area (Å²) < 4.78 is 5.41. The van der Waals surface area contributed by atoms with E-state index < -0.39 is 0 Å². The summed E-state index contributed by atoms with van der Waals surface area (Å²) in [5, 5.41) is 7.42. The first-order valence-electron chi connectivity index (χ1n) is 8.12. The minimum atomic E-state index is 0.492. The molecule has 3 aromatic rings. The monoisotopic (exact) mass is 321 g/mol. The molecule has 1 N–H and O–H groups in total. The van der Waals surface area contributed by atoms with Gasteiger partial charge in [0.05, 0.1) is 5.56 Å². The van der Waals surface area contributed by atoms with Gasteiger partial charge in [0, 0.05) is 37.9 Å². The summed E-state index contributed by atoms with van der Waals surface area (Å²) in [6.07, 6.45) is 1.80. The first kappa shape index (κ1) is 14.8. The van der Waals surface area contributed by atoms with Gasteiger partial charge >= 0.3 is 0 Å². The van der Waals surface area contributed by atoms with Crippen molar-refractivity contribution in [1.29, 1.82) is 0 Å². The van der Waals surface area contributed by atoms with E-state index in [0.717, 1.165) is 43.1 Å². The van der Waals surface area contributed by atoms with E-state index in [1.165, 1.54) is 5.56 Å². The van der Waals surface area contributed by atoms with Crippen LogP contribution >= 0.6 is 0 Å². The number of hydrogen-bond acceptors (Lipinski definition) is 6. The second-order valence-corrected chi connectivity index (χ2v) is 5.93. The molecule has 0 atom stereocenters. The lowest BCUT2D eigenvalue weighted by Gasteiger charge is -2.28. The van der Waals surface area contributed by atoms with Crippen LogP contribution in [-0.4, -0.2) is 41.3 Å². The molecule has 24 heavy (non-hydrogen) atoms. The second-order valence-electron chi connectivity index (χ2n) is 5.93. The normalized spacial score (nSPS) is 14.8. The van der Waals surface area contributed by atoms with Gasteiger partial charge in [-0.15, -0.1) is 0 Å². The number of aromatic nitrogens is 3. The minimum absolute atomic E-state index is 0.492. The van der Waals surface area contributed by atoms with Crippen LogP contribution in [0.15, 0.2) is 47.1 Å². The topological polar surface area (TPSA) is 67.1 Å². The Morgan fingerprint density at radius 2 is 1.96 bits per heavy atom. The number of pyridine rings is 1. The van der Waals surface area contributed by atoms with Crippen LogP contribution in [-0.2, 0) is 0 Å². The van der Waals surface area contributed by atoms with Gasteiger partial charge in [-0.05, 0) is 25.1 Å². The predicted octanol–water partition coefficient (Wildman–Crippen LogP) is 2.52. The molecule has 0 radical (unpaired) electrons. The molecule has 0 spiro atoms. The maximum absolute atomic E-state index is 5.41. The molecule has 6 heteroatoms. The maximum atomic E-state index is 5.41. The van der Waals surface area contributed by atoms with Gasteiger partial charge in [0.25, 0.3) is 5.89 Å². The molecule has 1 aromatic carbocycles. The van der Waals surface area contributed by atoms with Crippen LogP contribution in [0.5, 0.6) is 0 Å². The molecular weight excluding hydrogens is 302 g/mol. The summed E-state index contributed by atoms with van der Waals surface area (Å²) in [6.45, 7) is 5.98. The Morgan fingerprint density at radius 3 is 2.71 bits per heavy atom. The third-order valence-corrected chi connectivity index (χ3v) is 4.14. The largest absolute Gasteiger partial charge is 0.354 e. The summed E-state index contributed by atoms with van der Waals surface area (Å²) in [5.41, 5.74) is 2.96. The highest BCUT2D eigenvalue weighted by Crippen LogP contribution is 2.23. The van der Waals surface area contributed by atoms with E-state index in [4.69, 9.17) is 4.52 Å². The molecule has 1 fully saturated rings. The van der Waals surface area contributed by atoms with E-state index >= 15 is 0 Å². The zero-order chi connectivity index (χ0) is 16.4. The Kier molecular flexibility index (Phi) is 3.96. The summed E-state index contributed by atoms with van der Waals surface area (Å²) in [7, 11) is 0. The number of nitrogens with zero attached hydrogens (tertiary/aromatic N) is 4. The lowest BCUT2D eigenvalue weighted by Crippen LogP contribution is -2.43. The van der Waals surface area contributed by atoms with Crippen molar-refractivity contribution in [2.45, 2.75) is 6.92 Å². The molecule has 0 amide bonds. The van der Waals surface area contributed by atoms with Gasteiger partial charge in [-0.25, -0.2) is 4.98 Å². The average molecular weight is 321 g/mol. The van der Waals surface area contributed by atoms with Gasteiger partial charge in [-0.2, -0.15) is 4.98 Å². The molecule has 0 aliphatic carbocycles. The summed E-state index contributed by atoms with van der Waals surface area (Å²) in [4.78, 5) is 11.3. The summed E-state index contributed by atoms with van der Waals surface area (Å²) in [6, 6.07) is 12.1. The maximum Gasteiger partial charge on any atom is 0.259 e. The molecule has 0 unspecified atom stereocenters. The molecule has 0 bridgehead atoms. The number of anilines is 1. The molecule has 4 rings (SSSR count). The second kappa shape index (κ2) is 6.41. The van der Waals surface area contributed by atoms with Crippen LogP contribution in [0.3, 0.4) is 0 Å².